The fourth-order valence-electron chi connectivity index (χ4n) is 1.42. The van der Waals surface area contributed by atoms with Crippen molar-refractivity contribution >= 4 is 17.7 Å². The van der Waals surface area contributed by atoms with E-state index in [1.807, 2.05) is 0 Å². The Balaban J connectivity index is 2.74. The molecule has 1 rings (SSSR count). The zero-order chi connectivity index (χ0) is 13.8. The van der Waals surface area contributed by atoms with Gasteiger partial charge in [0.2, 0.25) is 0 Å². The topological polar surface area (TPSA) is 104 Å². The van der Waals surface area contributed by atoms with E-state index in [4.69, 9.17) is 5.11 Å². The van der Waals surface area contributed by atoms with Crippen LogP contribution in [0.15, 0.2) is 12.1 Å². The number of aromatic nitrogens is 2. The van der Waals surface area contributed by atoms with Gasteiger partial charge in [0.1, 0.15) is 5.82 Å². The van der Waals surface area contributed by atoms with Gasteiger partial charge in [0.25, 0.3) is 5.91 Å². The largest absolute Gasteiger partial charge is 0.481 e. The summed E-state index contributed by atoms with van der Waals surface area (Å²) in [6.07, 6.45) is -0.0497. The van der Waals surface area contributed by atoms with E-state index in [-0.39, 0.29) is 18.0 Å². The number of carboxylic acids is 1. The minimum absolute atomic E-state index is 0.0497. The molecule has 7 heteroatoms. The van der Waals surface area contributed by atoms with Crippen LogP contribution in [0.25, 0.3) is 0 Å². The average Bonchev–Trinajstić information content (AvgIpc) is 2.26. The van der Waals surface area contributed by atoms with Crippen molar-refractivity contribution < 1.29 is 14.7 Å². The number of carboxylic acid groups (broad SMARTS) is 1. The standard InChI is InChI=1S/C11H16N4O3/c1-11(2,6-9(16)17)13-8-5-4-7(14-15-8)10(18)12-3/h4-5H,6H2,1-3H3,(H,12,18)(H,13,15)(H,16,17). The monoisotopic (exact) mass is 252 g/mol. The molecule has 0 saturated carbocycles. The van der Waals surface area contributed by atoms with Crippen molar-refractivity contribution in [3.8, 4) is 0 Å². The first kappa shape index (κ1) is 13.9. The van der Waals surface area contributed by atoms with E-state index in [2.05, 4.69) is 20.8 Å². The third-order valence-corrected chi connectivity index (χ3v) is 2.18. The first-order chi connectivity index (χ1) is 8.34. The molecule has 0 bridgehead atoms. The van der Waals surface area contributed by atoms with E-state index < -0.39 is 11.5 Å². The first-order valence-electron chi connectivity index (χ1n) is 5.40. The highest BCUT2D eigenvalue weighted by atomic mass is 16.4. The molecule has 0 fully saturated rings. The van der Waals surface area contributed by atoms with Gasteiger partial charge >= 0.3 is 5.97 Å². The van der Waals surface area contributed by atoms with Gasteiger partial charge < -0.3 is 15.7 Å². The van der Waals surface area contributed by atoms with Gasteiger partial charge in [-0.15, -0.1) is 10.2 Å². The number of carbonyl (C=O) groups excluding carboxylic acids is 1. The van der Waals surface area contributed by atoms with Crippen molar-refractivity contribution in [2.24, 2.45) is 0 Å². The summed E-state index contributed by atoms with van der Waals surface area (Å²) in [7, 11) is 1.51. The van der Waals surface area contributed by atoms with E-state index in [1.165, 1.54) is 13.1 Å². The number of hydrogen-bond donors (Lipinski definition) is 3. The number of carbonyl (C=O) groups is 2. The van der Waals surface area contributed by atoms with E-state index >= 15 is 0 Å². The molecule has 0 spiro atoms. The molecule has 0 aliphatic heterocycles. The summed E-state index contributed by atoms with van der Waals surface area (Å²) in [5.41, 5.74) is -0.436. The summed E-state index contributed by atoms with van der Waals surface area (Å²) in [6.45, 7) is 3.49. The molecule has 0 saturated heterocycles. The maximum absolute atomic E-state index is 11.2. The number of amides is 1. The van der Waals surface area contributed by atoms with Gasteiger partial charge in [-0.3, -0.25) is 9.59 Å². The molecule has 1 aromatic heterocycles. The van der Waals surface area contributed by atoms with Crippen molar-refractivity contribution in [2.75, 3.05) is 12.4 Å². The number of nitrogens with zero attached hydrogens (tertiary/aromatic N) is 2. The SMILES string of the molecule is CNC(=O)c1ccc(NC(C)(C)CC(=O)O)nn1. The predicted molar refractivity (Wildman–Crippen MR) is 65.4 cm³/mol. The first-order valence-corrected chi connectivity index (χ1v) is 5.40. The van der Waals surface area contributed by atoms with E-state index in [9.17, 15) is 9.59 Å². The lowest BCUT2D eigenvalue weighted by Gasteiger charge is -2.24. The van der Waals surface area contributed by atoms with Crippen LogP contribution < -0.4 is 10.6 Å². The molecule has 0 unspecified atom stereocenters. The number of hydrogen-bond acceptors (Lipinski definition) is 5. The Morgan fingerprint density at radius 2 is 2.00 bits per heavy atom. The number of anilines is 1. The lowest BCUT2D eigenvalue weighted by molar-refractivity contribution is -0.137. The summed E-state index contributed by atoms with van der Waals surface area (Å²) in [4.78, 5) is 21.9. The van der Waals surface area contributed by atoms with Crippen molar-refractivity contribution in [3.63, 3.8) is 0 Å². The molecule has 7 nitrogen and oxygen atoms in total. The average molecular weight is 252 g/mol. The normalized spacial score (nSPS) is 10.8. The van der Waals surface area contributed by atoms with Gasteiger partial charge in [0.15, 0.2) is 5.69 Å². The van der Waals surface area contributed by atoms with Crippen LogP contribution in [-0.2, 0) is 4.79 Å². The smallest absolute Gasteiger partial charge is 0.305 e. The van der Waals surface area contributed by atoms with Gasteiger partial charge in [0, 0.05) is 12.6 Å². The Labute approximate surface area is 105 Å². The lowest BCUT2D eigenvalue weighted by atomic mass is 10.0. The highest BCUT2D eigenvalue weighted by Crippen LogP contribution is 2.15. The van der Waals surface area contributed by atoms with Crippen LogP contribution in [0.2, 0.25) is 0 Å². The van der Waals surface area contributed by atoms with Gasteiger partial charge in [-0.25, -0.2) is 0 Å². The Hall–Kier alpha value is -2.18. The molecule has 1 heterocycles. The van der Waals surface area contributed by atoms with Crippen LogP contribution in [0.4, 0.5) is 5.82 Å². The second-order valence-electron chi connectivity index (χ2n) is 4.46. The van der Waals surface area contributed by atoms with Crippen LogP contribution in [-0.4, -0.2) is 39.8 Å². The van der Waals surface area contributed by atoms with Gasteiger partial charge in [-0.1, -0.05) is 0 Å². The molecule has 0 aromatic carbocycles. The van der Waals surface area contributed by atoms with Crippen LogP contribution in [0.5, 0.6) is 0 Å². The molecule has 0 aliphatic carbocycles. The molecule has 0 radical (unpaired) electrons. The molecule has 1 amide bonds. The van der Waals surface area contributed by atoms with Gasteiger partial charge in [0.05, 0.1) is 6.42 Å². The zero-order valence-corrected chi connectivity index (χ0v) is 10.5. The fraction of sp³-hybridized carbons (Fsp3) is 0.455. The van der Waals surface area contributed by atoms with Crippen LogP contribution in [0, 0.1) is 0 Å². The Kier molecular flexibility index (Phi) is 4.19. The summed E-state index contributed by atoms with van der Waals surface area (Å²) in [5, 5.41) is 21.7. The third kappa shape index (κ3) is 4.00. The molecule has 0 aliphatic rings. The minimum atomic E-state index is -0.901. The molecule has 18 heavy (non-hydrogen) atoms. The van der Waals surface area contributed by atoms with E-state index in [1.54, 1.807) is 19.9 Å². The van der Waals surface area contributed by atoms with Crippen molar-refractivity contribution in [3.05, 3.63) is 17.8 Å². The second kappa shape index (κ2) is 5.44. The van der Waals surface area contributed by atoms with Crippen LogP contribution in [0.3, 0.4) is 0 Å². The molecular weight excluding hydrogens is 236 g/mol. The van der Waals surface area contributed by atoms with Crippen molar-refractivity contribution in [2.45, 2.75) is 25.8 Å². The summed E-state index contributed by atoms with van der Waals surface area (Å²) in [5.74, 6) is -0.796. The predicted octanol–water partition coefficient (Wildman–Crippen LogP) is 0.501. The van der Waals surface area contributed by atoms with E-state index in [0.717, 1.165) is 0 Å². The van der Waals surface area contributed by atoms with Crippen molar-refractivity contribution in [1.82, 2.24) is 15.5 Å². The highest BCUT2D eigenvalue weighted by Gasteiger charge is 2.22. The molecule has 98 valence electrons. The van der Waals surface area contributed by atoms with Crippen molar-refractivity contribution in [1.29, 1.82) is 0 Å². The Morgan fingerprint density at radius 1 is 1.33 bits per heavy atom. The summed E-state index contributed by atoms with van der Waals surface area (Å²) >= 11 is 0. The molecule has 0 atom stereocenters. The Morgan fingerprint density at radius 3 is 2.44 bits per heavy atom. The zero-order valence-electron chi connectivity index (χ0n) is 10.5. The van der Waals surface area contributed by atoms with Gasteiger partial charge in [-0.05, 0) is 26.0 Å². The van der Waals surface area contributed by atoms with Gasteiger partial charge in [-0.2, -0.15) is 0 Å². The minimum Gasteiger partial charge on any atom is -0.481 e. The van der Waals surface area contributed by atoms with Crippen LogP contribution >= 0.6 is 0 Å². The summed E-state index contributed by atoms with van der Waals surface area (Å²) < 4.78 is 0. The summed E-state index contributed by atoms with van der Waals surface area (Å²) in [6, 6.07) is 3.10. The number of aliphatic carboxylic acids is 1. The van der Waals surface area contributed by atoms with E-state index in [0.29, 0.717) is 5.82 Å². The Bertz CT molecular complexity index is 442. The highest BCUT2D eigenvalue weighted by molar-refractivity contribution is 5.91. The molecular formula is C11H16N4O3. The quantitative estimate of drug-likeness (QED) is 0.705. The van der Waals surface area contributed by atoms with Crippen LogP contribution in [0.1, 0.15) is 30.8 Å². The molecule has 3 N–H and O–H groups in total. The number of rotatable bonds is 5. The third-order valence-electron chi connectivity index (χ3n) is 2.18. The molecule has 1 aromatic rings. The maximum Gasteiger partial charge on any atom is 0.305 e. The number of nitrogens with one attached hydrogen (secondary N) is 2. The fourth-order valence-corrected chi connectivity index (χ4v) is 1.42. The maximum atomic E-state index is 11.2. The lowest BCUT2D eigenvalue weighted by Crippen LogP contribution is -2.34. The second-order valence-corrected chi connectivity index (χ2v) is 4.46.